The first-order valence-electron chi connectivity index (χ1n) is 7.64. The van der Waals surface area contributed by atoms with Crippen LogP contribution in [0.25, 0.3) is 0 Å². The van der Waals surface area contributed by atoms with Crippen LogP contribution in [0.3, 0.4) is 0 Å². The van der Waals surface area contributed by atoms with Crippen molar-refractivity contribution in [1.29, 1.82) is 0 Å². The lowest BCUT2D eigenvalue weighted by molar-refractivity contribution is -0.130. The van der Waals surface area contributed by atoms with Crippen LogP contribution in [-0.2, 0) is 9.53 Å². The zero-order chi connectivity index (χ0) is 13.9. The SMILES string of the molecule is CCC1OCCC1C(=O)NC1(CO)CCCC(C)C1. The molecule has 1 heterocycles. The molecule has 0 aromatic heterocycles. The molecule has 0 spiro atoms. The highest BCUT2D eigenvalue weighted by atomic mass is 16.5. The van der Waals surface area contributed by atoms with Gasteiger partial charge < -0.3 is 15.2 Å². The van der Waals surface area contributed by atoms with Gasteiger partial charge in [0.2, 0.25) is 5.91 Å². The van der Waals surface area contributed by atoms with Gasteiger partial charge >= 0.3 is 0 Å². The van der Waals surface area contributed by atoms with Crippen LogP contribution in [0.2, 0.25) is 0 Å². The molecule has 1 saturated carbocycles. The summed E-state index contributed by atoms with van der Waals surface area (Å²) in [7, 11) is 0. The number of carbonyl (C=O) groups excluding carboxylic acids is 1. The molecule has 0 bridgehead atoms. The molecule has 2 aliphatic rings. The summed E-state index contributed by atoms with van der Waals surface area (Å²) in [6.07, 6.45) is 5.80. The third-order valence-electron chi connectivity index (χ3n) is 4.73. The van der Waals surface area contributed by atoms with E-state index in [4.69, 9.17) is 4.74 Å². The van der Waals surface area contributed by atoms with E-state index in [0.29, 0.717) is 12.5 Å². The van der Waals surface area contributed by atoms with Crippen molar-refractivity contribution in [3.05, 3.63) is 0 Å². The first-order valence-corrected chi connectivity index (χ1v) is 7.64. The molecule has 0 aromatic carbocycles. The fourth-order valence-electron chi connectivity index (χ4n) is 3.66. The van der Waals surface area contributed by atoms with Crippen LogP contribution in [0.15, 0.2) is 0 Å². The van der Waals surface area contributed by atoms with E-state index in [1.54, 1.807) is 0 Å². The number of aliphatic hydroxyl groups is 1. The van der Waals surface area contributed by atoms with Gasteiger partial charge in [-0.25, -0.2) is 0 Å². The van der Waals surface area contributed by atoms with Crippen LogP contribution in [0.5, 0.6) is 0 Å². The summed E-state index contributed by atoms with van der Waals surface area (Å²) in [6.45, 7) is 4.98. The second kappa shape index (κ2) is 6.23. The Balaban J connectivity index is 1.99. The molecule has 110 valence electrons. The number of rotatable bonds is 4. The lowest BCUT2D eigenvalue weighted by Gasteiger charge is -2.40. The molecular formula is C15H27NO3. The Kier molecular flexibility index (Phi) is 4.85. The normalized spacial score (nSPS) is 39.2. The van der Waals surface area contributed by atoms with Gasteiger partial charge in [-0.15, -0.1) is 0 Å². The number of ether oxygens (including phenoxy) is 1. The summed E-state index contributed by atoms with van der Waals surface area (Å²) in [5.74, 6) is 0.612. The monoisotopic (exact) mass is 269 g/mol. The third-order valence-corrected chi connectivity index (χ3v) is 4.73. The Bertz CT molecular complexity index is 321. The van der Waals surface area contributed by atoms with Gasteiger partial charge in [0.15, 0.2) is 0 Å². The predicted molar refractivity (Wildman–Crippen MR) is 73.7 cm³/mol. The van der Waals surface area contributed by atoms with E-state index in [1.165, 1.54) is 6.42 Å². The van der Waals surface area contributed by atoms with Crippen molar-refractivity contribution < 1.29 is 14.6 Å². The van der Waals surface area contributed by atoms with E-state index < -0.39 is 5.54 Å². The molecule has 1 aliphatic carbocycles. The average Bonchev–Trinajstić information content (AvgIpc) is 2.87. The molecule has 2 N–H and O–H groups in total. The van der Waals surface area contributed by atoms with Gasteiger partial charge in [0.1, 0.15) is 0 Å². The van der Waals surface area contributed by atoms with Gasteiger partial charge in [-0.1, -0.05) is 26.7 Å². The number of carbonyl (C=O) groups is 1. The molecule has 4 atom stereocenters. The Morgan fingerprint density at radius 1 is 1.47 bits per heavy atom. The molecule has 1 aliphatic heterocycles. The Morgan fingerprint density at radius 3 is 2.89 bits per heavy atom. The number of nitrogens with one attached hydrogen (secondary N) is 1. The second-order valence-corrected chi connectivity index (χ2v) is 6.34. The summed E-state index contributed by atoms with van der Waals surface area (Å²) < 4.78 is 5.59. The number of aliphatic hydroxyl groups excluding tert-OH is 1. The molecule has 2 fully saturated rings. The van der Waals surface area contributed by atoms with Crippen LogP contribution in [-0.4, -0.2) is 35.9 Å². The van der Waals surface area contributed by atoms with E-state index >= 15 is 0 Å². The zero-order valence-corrected chi connectivity index (χ0v) is 12.2. The Hall–Kier alpha value is -0.610. The largest absolute Gasteiger partial charge is 0.394 e. The highest BCUT2D eigenvalue weighted by Crippen LogP contribution is 2.33. The minimum absolute atomic E-state index is 0.0364. The van der Waals surface area contributed by atoms with E-state index in [1.807, 2.05) is 0 Å². The molecule has 0 radical (unpaired) electrons. The molecule has 4 unspecified atom stereocenters. The molecular weight excluding hydrogens is 242 g/mol. The maximum Gasteiger partial charge on any atom is 0.226 e. The van der Waals surface area contributed by atoms with Crippen LogP contribution < -0.4 is 5.32 Å². The van der Waals surface area contributed by atoms with E-state index in [9.17, 15) is 9.90 Å². The molecule has 19 heavy (non-hydrogen) atoms. The average molecular weight is 269 g/mol. The van der Waals surface area contributed by atoms with E-state index in [2.05, 4.69) is 19.2 Å². The van der Waals surface area contributed by atoms with Crippen LogP contribution in [0.1, 0.15) is 52.4 Å². The van der Waals surface area contributed by atoms with Crippen LogP contribution in [0.4, 0.5) is 0 Å². The molecule has 4 nitrogen and oxygen atoms in total. The summed E-state index contributed by atoms with van der Waals surface area (Å²) in [5.41, 5.74) is -0.393. The molecule has 2 rings (SSSR count). The Labute approximate surface area is 115 Å². The maximum atomic E-state index is 12.5. The zero-order valence-electron chi connectivity index (χ0n) is 12.2. The van der Waals surface area contributed by atoms with Crippen molar-refractivity contribution in [1.82, 2.24) is 5.32 Å². The summed E-state index contributed by atoms with van der Waals surface area (Å²) in [5, 5.41) is 12.9. The van der Waals surface area contributed by atoms with Gasteiger partial charge in [0, 0.05) is 6.61 Å². The van der Waals surface area contributed by atoms with Crippen molar-refractivity contribution in [2.24, 2.45) is 11.8 Å². The molecule has 1 saturated heterocycles. The maximum absolute atomic E-state index is 12.5. The van der Waals surface area contributed by atoms with Crippen LogP contribution >= 0.6 is 0 Å². The lowest BCUT2D eigenvalue weighted by atomic mass is 9.76. The van der Waals surface area contributed by atoms with Crippen molar-refractivity contribution in [2.45, 2.75) is 64.0 Å². The predicted octanol–water partition coefficient (Wildman–Crippen LogP) is 1.86. The van der Waals surface area contributed by atoms with Gasteiger partial charge in [0.05, 0.1) is 24.2 Å². The Morgan fingerprint density at radius 2 is 2.26 bits per heavy atom. The minimum atomic E-state index is -0.393. The lowest BCUT2D eigenvalue weighted by Crippen LogP contribution is -2.56. The van der Waals surface area contributed by atoms with Crippen molar-refractivity contribution in [3.8, 4) is 0 Å². The van der Waals surface area contributed by atoms with Gasteiger partial charge in [-0.2, -0.15) is 0 Å². The fourth-order valence-corrected chi connectivity index (χ4v) is 3.66. The second-order valence-electron chi connectivity index (χ2n) is 6.34. The topological polar surface area (TPSA) is 58.6 Å². The summed E-state index contributed by atoms with van der Waals surface area (Å²) in [6, 6.07) is 0. The van der Waals surface area contributed by atoms with Crippen molar-refractivity contribution >= 4 is 5.91 Å². The first-order chi connectivity index (χ1) is 9.10. The molecule has 4 heteroatoms. The van der Waals surface area contributed by atoms with E-state index in [0.717, 1.165) is 32.1 Å². The highest BCUT2D eigenvalue weighted by molar-refractivity contribution is 5.80. The van der Waals surface area contributed by atoms with E-state index in [-0.39, 0.29) is 24.5 Å². The molecule has 0 aromatic rings. The van der Waals surface area contributed by atoms with Gasteiger partial charge in [-0.05, 0) is 31.6 Å². The van der Waals surface area contributed by atoms with Gasteiger partial charge in [0.25, 0.3) is 0 Å². The third kappa shape index (κ3) is 3.29. The first kappa shape index (κ1) is 14.8. The summed E-state index contributed by atoms with van der Waals surface area (Å²) in [4.78, 5) is 12.5. The summed E-state index contributed by atoms with van der Waals surface area (Å²) >= 11 is 0. The van der Waals surface area contributed by atoms with Gasteiger partial charge in [-0.3, -0.25) is 4.79 Å². The van der Waals surface area contributed by atoms with Crippen LogP contribution in [0, 0.1) is 11.8 Å². The fraction of sp³-hybridized carbons (Fsp3) is 0.933. The number of hydrogen-bond acceptors (Lipinski definition) is 3. The van der Waals surface area contributed by atoms with Crippen molar-refractivity contribution in [3.63, 3.8) is 0 Å². The molecule has 1 amide bonds. The highest BCUT2D eigenvalue weighted by Gasteiger charge is 2.40. The van der Waals surface area contributed by atoms with Crippen molar-refractivity contribution in [2.75, 3.05) is 13.2 Å². The minimum Gasteiger partial charge on any atom is -0.394 e. The smallest absolute Gasteiger partial charge is 0.226 e. The number of amides is 1. The number of hydrogen-bond donors (Lipinski definition) is 2. The standard InChI is InChI=1S/C15H27NO3/c1-3-13-12(6-8-19-13)14(18)16-15(10-17)7-4-5-11(2)9-15/h11-13,17H,3-10H2,1-2H3,(H,16,18). The quantitative estimate of drug-likeness (QED) is 0.819.